The maximum Gasteiger partial charge on any atom is 0.295 e. The molecule has 1 aliphatic rings. The summed E-state index contributed by atoms with van der Waals surface area (Å²) in [5.41, 5.74) is 2.15. The van der Waals surface area contributed by atoms with Crippen LogP contribution in [0.1, 0.15) is 62.8 Å². The molecule has 0 aliphatic carbocycles. The zero-order valence-corrected chi connectivity index (χ0v) is 21.2. The molecule has 0 aromatic heterocycles. The van der Waals surface area contributed by atoms with E-state index in [1.165, 1.54) is 4.90 Å². The number of carbonyl (C=O) groups is 2. The molecule has 2 aromatic carbocycles. The molecule has 0 bridgehead atoms. The van der Waals surface area contributed by atoms with Crippen molar-refractivity contribution in [3.63, 3.8) is 0 Å². The molecule has 0 spiro atoms. The first-order valence-corrected chi connectivity index (χ1v) is 12.1. The highest BCUT2D eigenvalue weighted by molar-refractivity contribution is 6.46. The van der Waals surface area contributed by atoms with E-state index in [2.05, 4.69) is 0 Å². The molecule has 35 heavy (non-hydrogen) atoms. The second-order valence-electron chi connectivity index (χ2n) is 8.74. The van der Waals surface area contributed by atoms with Crippen molar-refractivity contribution < 1.29 is 28.9 Å². The first-order valence-electron chi connectivity index (χ1n) is 12.1. The lowest BCUT2D eigenvalue weighted by Gasteiger charge is -2.25. The van der Waals surface area contributed by atoms with Crippen molar-refractivity contribution >= 4 is 17.4 Å². The zero-order chi connectivity index (χ0) is 25.5. The van der Waals surface area contributed by atoms with E-state index in [-0.39, 0.29) is 30.4 Å². The van der Waals surface area contributed by atoms with Crippen molar-refractivity contribution in [1.29, 1.82) is 0 Å². The van der Waals surface area contributed by atoms with Crippen molar-refractivity contribution in [2.75, 3.05) is 33.5 Å². The summed E-state index contributed by atoms with van der Waals surface area (Å²) in [7, 11) is 1.54. The van der Waals surface area contributed by atoms with Gasteiger partial charge in [0.05, 0.1) is 31.4 Å². The number of hydrogen-bond donors (Lipinski definition) is 1. The number of aliphatic hydroxyl groups is 1. The summed E-state index contributed by atoms with van der Waals surface area (Å²) in [4.78, 5) is 27.6. The fourth-order valence-electron chi connectivity index (χ4n) is 4.20. The lowest BCUT2D eigenvalue weighted by atomic mass is 9.93. The number of ether oxygens (including phenoxy) is 3. The zero-order valence-electron chi connectivity index (χ0n) is 21.2. The Morgan fingerprint density at radius 3 is 2.34 bits per heavy atom. The Morgan fingerprint density at radius 1 is 1.03 bits per heavy atom. The molecule has 1 aliphatic heterocycles. The molecule has 1 saturated heterocycles. The van der Waals surface area contributed by atoms with E-state index < -0.39 is 17.7 Å². The quantitative estimate of drug-likeness (QED) is 0.274. The molecule has 1 amide bonds. The van der Waals surface area contributed by atoms with Gasteiger partial charge in [-0.15, -0.1) is 0 Å². The van der Waals surface area contributed by atoms with Crippen molar-refractivity contribution in [2.45, 2.75) is 46.1 Å². The van der Waals surface area contributed by atoms with Gasteiger partial charge in [-0.3, -0.25) is 9.59 Å². The molecule has 0 saturated carbocycles. The number of amides is 1. The number of ketones is 1. The molecule has 7 heteroatoms. The second-order valence-corrected chi connectivity index (χ2v) is 8.74. The largest absolute Gasteiger partial charge is 0.507 e. The number of nitrogens with zero attached hydrogens (tertiary/aromatic N) is 1. The van der Waals surface area contributed by atoms with E-state index in [0.29, 0.717) is 30.1 Å². The summed E-state index contributed by atoms with van der Waals surface area (Å²) in [6.07, 6.45) is 0.888. The molecular formula is C28H35NO6. The lowest BCUT2D eigenvalue weighted by Crippen LogP contribution is -2.32. The van der Waals surface area contributed by atoms with Crippen LogP contribution in [0.2, 0.25) is 0 Å². The standard InChI is InChI=1S/C28H35NO6/c1-6-15-35-21-11-8-19(9-12-21)25-24(27(31)28(32)29(25)14-16-33-5)26(30)20-10-13-23(34-7-2)22(17-20)18(3)4/h8-13,17-18,25,30H,6-7,14-16H2,1-5H3/b26-24-. The third kappa shape index (κ3) is 5.68. The normalized spacial score (nSPS) is 17.3. The minimum Gasteiger partial charge on any atom is -0.507 e. The average molecular weight is 482 g/mol. The number of rotatable bonds is 11. The molecule has 1 heterocycles. The van der Waals surface area contributed by atoms with Gasteiger partial charge in [0.1, 0.15) is 17.3 Å². The summed E-state index contributed by atoms with van der Waals surface area (Å²) in [6.45, 7) is 9.62. The molecule has 7 nitrogen and oxygen atoms in total. The van der Waals surface area contributed by atoms with E-state index in [1.807, 2.05) is 58.0 Å². The van der Waals surface area contributed by atoms with Crippen LogP contribution in [0.5, 0.6) is 11.5 Å². The third-order valence-electron chi connectivity index (χ3n) is 5.95. The summed E-state index contributed by atoms with van der Waals surface area (Å²) in [5.74, 6) is 0.00516. The summed E-state index contributed by atoms with van der Waals surface area (Å²) < 4.78 is 16.6. The first-order chi connectivity index (χ1) is 16.8. The van der Waals surface area contributed by atoms with Gasteiger partial charge in [-0.05, 0) is 60.7 Å². The molecule has 1 unspecified atom stereocenters. The van der Waals surface area contributed by atoms with E-state index in [0.717, 1.165) is 17.7 Å². The number of carbonyl (C=O) groups excluding carboxylic acids is 2. The van der Waals surface area contributed by atoms with Gasteiger partial charge in [-0.1, -0.05) is 32.9 Å². The number of Topliss-reactive ketones (excluding diaryl/α,β-unsaturated/α-hetero) is 1. The minimum atomic E-state index is -0.737. The Kier molecular flexibility index (Phi) is 8.93. The van der Waals surface area contributed by atoms with Crippen LogP contribution in [0.15, 0.2) is 48.0 Å². The van der Waals surface area contributed by atoms with Crippen molar-refractivity contribution in [1.82, 2.24) is 4.90 Å². The number of benzene rings is 2. The van der Waals surface area contributed by atoms with Gasteiger partial charge in [0.25, 0.3) is 11.7 Å². The predicted octanol–water partition coefficient (Wildman–Crippen LogP) is 5.07. The lowest BCUT2D eigenvalue weighted by molar-refractivity contribution is -0.140. The van der Waals surface area contributed by atoms with Crippen LogP contribution in [-0.4, -0.2) is 55.2 Å². The number of hydrogen-bond acceptors (Lipinski definition) is 6. The molecule has 1 atom stereocenters. The van der Waals surface area contributed by atoms with Crippen molar-refractivity contribution in [2.24, 2.45) is 0 Å². The van der Waals surface area contributed by atoms with E-state index in [9.17, 15) is 14.7 Å². The Bertz CT molecular complexity index is 1070. The fraction of sp³-hybridized carbons (Fsp3) is 0.429. The first kappa shape index (κ1) is 26.3. The van der Waals surface area contributed by atoms with Gasteiger partial charge in [0.2, 0.25) is 0 Å². The summed E-state index contributed by atoms with van der Waals surface area (Å²) in [5, 5.41) is 11.4. The van der Waals surface area contributed by atoms with Crippen LogP contribution in [0.25, 0.3) is 5.76 Å². The highest BCUT2D eigenvalue weighted by Gasteiger charge is 2.45. The number of methoxy groups -OCH3 is 1. The second kappa shape index (κ2) is 11.9. The van der Waals surface area contributed by atoms with Gasteiger partial charge in [0, 0.05) is 19.2 Å². The molecule has 0 radical (unpaired) electrons. The van der Waals surface area contributed by atoms with E-state index in [4.69, 9.17) is 14.2 Å². The SMILES string of the molecule is CCCOc1ccc(C2/C(=C(/O)c3ccc(OCC)c(C(C)C)c3)C(=O)C(=O)N2CCOC)cc1. The molecule has 1 N–H and O–H groups in total. The predicted molar refractivity (Wildman–Crippen MR) is 135 cm³/mol. The van der Waals surface area contributed by atoms with Crippen LogP contribution >= 0.6 is 0 Å². The van der Waals surface area contributed by atoms with Gasteiger partial charge in [-0.25, -0.2) is 0 Å². The number of likely N-dealkylation sites (tertiary alicyclic amines) is 1. The van der Waals surface area contributed by atoms with Gasteiger partial charge in [-0.2, -0.15) is 0 Å². The van der Waals surface area contributed by atoms with Crippen LogP contribution in [0.3, 0.4) is 0 Å². The summed E-state index contributed by atoms with van der Waals surface area (Å²) in [6, 6.07) is 11.9. The Labute approximate surface area is 207 Å². The monoisotopic (exact) mass is 481 g/mol. The molecule has 2 aromatic rings. The van der Waals surface area contributed by atoms with E-state index >= 15 is 0 Å². The highest BCUT2D eigenvalue weighted by Crippen LogP contribution is 2.40. The molecule has 3 rings (SSSR count). The van der Waals surface area contributed by atoms with E-state index in [1.54, 1.807) is 19.2 Å². The topological polar surface area (TPSA) is 85.3 Å². The maximum atomic E-state index is 13.2. The van der Waals surface area contributed by atoms with Crippen LogP contribution in [0.4, 0.5) is 0 Å². The van der Waals surface area contributed by atoms with Gasteiger partial charge < -0.3 is 24.2 Å². The summed E-state index contributed by atoms with van der Waals surface area (Å²) >= 11 is 0. The Morgan fingerprint density at radius 2 is 1.74 bits per heavy atom. The van der Waals surface area contributed by atoms with Crippen LogP contribution < -0.4 is 9.47 Å². The van der Waals surface area contributed by atoms with Crippen molar-refractivity contribution in [3.05, 3.63) is 64.7 Å². The Hall–Kier alpha value is -3.32. The molecule has 188 valence electrons. The molecular weight excluding hydrogens is 446 g/mol. The van der Waals surface area contributed by atoms with Crippen molar-refractivity contribution in [3.8, 4) is 11.5 Å². The van der Waals surface area contributed by atoms with Crippen LogP contribution in [-0.2, 0) is 14.3 Å². The molecule has 1 fully saturated rings. The average Bonchev–Trinajstić information content (AvgIpc) is 3.11. The number of aliphatic hydroxyl groups excluding tert-OH is 1. The maximum absolute atomic E-state index is 13.2. The highest BCUT2D eigenvalue weighted by atomic mass is 16.5. The smallest absolute Gasteiger partial charge is 0.295 e. The Balaban J connectivity index is 2.11. The fourth-order valence-corrected chi connectivity index (χ4v) is 4.20. The third-order valence-corrected chi connectivity index (χ3v) is 5.95. The van der Waals surface area contributed by atoms with Gasteiger partial charge in [0.15, 0.2) is 0 Å². The minimum absolute atomic E-state index is 0.0622. The van der Waals surface area contributed by atoms with Crippen LogP contribution in [0, 0.1) is 0 Å². The van der Waals surface area contributed by atoms with Gasteiger partial charge >= 0.3 is 0 Å².